The van der Waals surface area contributed by atoms with Crippen LogP contribution in [0.5, 0.6) is 5.75 Å². The van der Waals surface area contributed by atoms with Crippen molar-refractivity contribution in [1.82, 2.24) is 0 Å². The Morgan fingerprint density at radius 1 is 1.11 bits per heavy atom. The third-order valence-corrected chi connectivity index (χ3v) is 4.24. The average Bonchev–Trinajstić information content (AvgIpc) is 2.69. The molecule has 0 heterocycles. The van der Waals surface area contributed by atoms with E-state index in [-0.39, 0.29) is 17.7 Å². The van der Waals surface area contributed by atoms with Crippen molar-refractivity contribution in [2.45, 2.75) is 6.61 Å². The molecule has 3 rings (SSSR count). The van der Waals surface area contributed by atoms with Crippen LogP contribution in [-0.4, -0.2) is 17.3 Å². The molecule has 0 atom stereocenters. The van der Waals surface area contributed by atoms with Gasteiger partial charge in [-0.2, -0.15) is 5.10 Å². The quantitative estimate of drug-likeness (QED) is 0.423. The van der Waals surface area contributed by atoms with Crippen molar-refractivity contribution in [3.8, 4) is 5.75 Å². The van der Waals surface area contributed by atoms with Gasteiger partial charge in [-0.05, 0) is 48.5 Å². The van der Waals surface area contributed by atoms with Crippen LogP contribution in [0.2, 0.25) is 5.02 Å². The maximum absolute atomic E-state index is 13.9. The minimum absolute atomic E-state index is 0.0135. The Morgan fingerprint density at radius 2 is 1.86 bits per heavy atom. The van der Waals surface area contributed by atoms with E-state index in [1.807, 2.05) is 6.07 Å². The number of aromatic carboxylic acids is 1. The number of carbonyl (C=O) groups is 1. The predicted molar refractivity (Wildman–Crippen MR) is 107 cm³/mol. The van der Waals surface area contributed by atoms with Gasteiger partial charge in [-0.3, -0.25) is 5.43 Å². The van der Waals surface area contributed by atoms with E-state index in [9.17, 15) is 9.18 Å². The number of hydrogen-bond acceptors (Lipinski definition) is 4. The lowest BCUT2D eigenvalue weighted by atomic mass is 10.2. The average molecular weight is 399 g/mol. The maximum atomic E-state index is 13.9. The fourth-order valence-corrected chi connectivity index (χ4v) is 2.62. The van der Waals surface area contributed by atoms with Crippen LogP contribution in [0.25, 0.3) is 0 Å². The van der Waals surface area contributed by atoms with Crippen LogP contribution in [0, 0.1) is 5.82 Å². The van der Waals surface area contributed by atoms with Crippen LogP contribution in [0.15, 0.2) is 71.8 Å². The van der Waals surface area contributed by atoms with Gasteiger partial charge in [0.2, 0.25) is 0 Å². The maximum Gasteiger partial charge on any atom is 0.335 e. The topological polar surface area (TPSA) is 70.9 Å². The van der Waals surface area contributed by atoms with Crippen LogP contribution >= 0.6 is 11.6 Å². The van der Waals surface area contributed by atoms with E-state index in [0.717, 1.165) is 0 Å². The molecule has 3 aromatic carbocycles. The van der Waals surface area contributed by atoms with Gasteiger partial charge in [0.1, 0.15) is 18.2 Å². The minimum atomic E-state index is -0.990. The van der Waals surface area contributed by atoms with E-state index in [4.69, 9.17) is 21.4 Å². The molecule has 0 unspecified atom stereocenters. The lowest BCUT2D eigenvalue weighted by molar-refractivity contribution is 0.0697. The number of para-hydroxylation sites is 1. The number of carboxylic acids is 1. The predicted octanol–water partition coefficient (Wildman–Crippen LogP) is 5.20. The first-order valence-corrected chi connectivity index (χ1v) is 8.69. The third kappa shape index (κ3) is 4.86. The number of halogens is 2. The van der Waals surface area contributed by atoms with E-state index < -0.39 is 11.8 Å². The van der Waals surface area contributed by atoms with Gasteiger partial charge in [-0.1, -0.05) is 29.8 Å². The summed E-state index contributed by atoms with van der Waals surface area (Å²) in [7, 11) is 0. The zero-order valence-corrected chi connectivity index (χ0v) is 15.4. The molecule has 0 fully saturated rings. The zero-order valence-electron chi connectivity index (χ0n) is 14.6. The molecule has 0 aliphatic heterocycles. The molecular weight excluding hydrogens is 383 g/mol. The number of hydrogen-bond donors (Lipinski definition) is 2. The normalized spacial score (nSPS) is 10.8. The number of rotatable bonds is 7. The third-order valence-electron chi connectivity index (χ3n) is 3.88. The van der Waals surface area contributed by atoms with Crippen molar-refractivity contribution in [3.63, 3.8) is 0 Å². The van der Waals surface area contributed by atoms with Crippen molar-refractivity contribution in [2.24, 2.45) is 5.10 Å². The summed E-state index contributed by atoms with van der Waals surface area (Å²) < 4.78 is 19.6. The fourth-order valence-electron chi connectivity index (χ4n) is 2.40. The number of carboxylic acid groups (broad SMARTS) is 1. The minimum Gasteiger partial charge on any atom is -0.488 e. The van der Waals surface area contributed by atoms with E-state index >= 15 is 0 Å². The second kappa shape index (κ2) is 9.01. The van der Waals surface area contributed by atoms with Crippen LogP contribution in [0.1, 0.15) is 21.5 Å². The lowest BCUT2D eigenvalue weighted by Crippen LogP contribution is -2.02. The molecular formula is C21H16ClFN2O3. The van der Waals surface area contributed by atoms with Gasteiger partial charge in [0.15, 0.2) is 0 Å². The smallest absolute Gasteiger partial charge is 0.335 e. The molecule has 0 saturated carbocycles. The van der Waals surface area contributed by atoms with Gasteiger partial charge in [-0.25, -0.2) is 9.18 Å². The molecule has 0 amide bonds. The zero-order chi connectivity index (χ0) is 19.9. The van der Waals surface area contributed by atoms with Crippen molar-refractivity contribution in [2.75, 3.05) is 5.43 Å². The molecule has 7 heteroatoms. The van der Waals surface area contributed by atoms with E-state index in [2.05, 4.69) is 10.5 Å². The number of nitrogens with one attached hydrogen (secondary N) is 1. The van der Waals surface area contributed by atoms with Gasteiger partial charge in [0, 0.05) is 11.1 Å². The first kappa shape index (κ1) is 19.4. The van der Waals surface area contributed by atoms with Crippen LogP contribution < -0.4 is 10.2 Å². The largest absolute Gasteiger partial charge is 0.488 e. The Hall–Kier alpha value is -3.38. The molecule has 0 saturated heterocycles. The molecule has 0 spiro atoms. The molecule has 0 bridgehead atoms. The van der Waals surface area contributed by atoms with Gasteiger partial charge in [0.05, 0.1) is 22.5 Å². The summed E-state index contributed by atoms with van der Waals surface area (Å²) in [4.78, 5) is 10.9. The molecule has 3 aromatic rings. The summed E-state index contributed by atoms with van der Waals surface area (Å²) in [6.45, 7) is -0.0135. The molecule has 0 aliphatic carbocycles. The van der Waals surface area contributed by atoms with Gasteiger partial charge in [-0.15, -0.1) is 0 Å². The highest BCUT2D eigenvalue weighted by Crippen LogP contribution is 2.23. The summed E-state index contributed by atoms with van der Waals surface area (Å²) in [5.74, 6) is -0.894. The fraction of sp³-hybridized carbons (Fsp3) is 0.0476. The first-order valence-electron chi connectivity index (χ1n) is 8.32. The second-order valence-corrected chi connectivity index (χ2v) is 6.19. The van der Waals surface area contributed by atoms with Gasteiger partial charge < -0.3 is 9.84 Å². The highest BCUT2D eigenvalue weighted by molar-refractivity contribution is 6.31. The van der Waals surface area contributed by atoms with Crippen molar-refractivity contribution in [1.29, 1.82) is 0 Å². The Kier molecular flexibility index (Phi) is 6.24. The molecule has 5 nitrogen and oxygen atoms in total. The van der Waals surface area contributed by atoms with Crippen molar-refractivity contribution < 1.29 is 19.0 Å². The first-order chi connectivity index (χ1) is 13.5. The Labute approximate surface area is 166 Å². The monoisotopic (exact) mass is 398 g/mol. The summed E-state index contributed by atoms with van der Waals surface area (Å²) in [6.07, 6.45) is 1.56. The SMILES string of the molecule is O=C(O)c1ccc(N/N=C/c2ccccc2OCc2c(F)cccc2Cl)cc1. The summed E-state index contributed by atoms with van der Waals surface area (Å²) in [5.41, 5.74) is 4.62. The van der Waals surface area contributed by atoms with Gasteiger partial charge >= 0.3 is 5.97 Å². The number of hydrazone groups is 1. The van der Waals surface area contributed by atoms with Crippen molar-refractivity contribution >= 4 is 29.5 Å². The summed E-state index contributed by atoms with van der Waals surface area (Å²) in [5, 5.41) is 13.3. The van der Waals surface area contributed by atoms with Crippen LogP contribution in [-0.2, 0) is 6.61 Å². The second-order valence-electron chi connectivity index (χ2n) is 5.78. The highest BCUT2D eigenvalue weighted by atomic mass is 35.5. The number of anilines is 1. The number of benzene rings is 3. The molecule has 0 aromatic heterocycles. The molecule has 0 aliphatic rings. The van der Waals surface area contributed by atoms with E-state index in [1.165, 1.54) is 24.3 Å². The van der Waals surface area contributed by atoms with Gasteiger partial charge in [0.25, 0.3) is 0 Å². The molecule has 142 valence electrons. The lowest BCUT2D eigenvalue weighted by Gasteiger charge is -2.11. The summed E-state index contributed by atoms with van der Waals surface area (Å²) >= 11 is 6.02. The molecule has 0 radical (unpaired) electrons. The van der Waals surface area contributed by atoms with Crippen LogP contribution in [0.3, 0.4) is 0 Å². The van der Waals surface area contributed by atoms with Crippen molar-refractivity contribution in [3.05, 3.63) is 94.3 Å². The Morgan fingerprint density at radius 3 is 2.57 bits per heavy atom. The van der Waals surface area contributed by atoms with E-state index in [0.29, 0.717) is 22.0 Å². The Bertz CT molecular complexity index is 987. The number of ether oxygens (including phenoxy) is 1. The summed E-state index contributed by atoms with van der Waals surface area (Å²) in [6, 6.07) is 17.8. The van der Waals surface area contributed by atoms with Crippen LogP contribution in [0.4, 0.5) is 10.1 Å². The molecule has 2 N–H and O–H groups in total. The Balaban J connectivity index is 1.68. The molecule has 28 heavy (non-hydrogen) atoms. The van der Waals surface area contributed by atoms with E-state index in [1.54, 1.807) is 42.6 Å². The standard InChI is InChI=1S/C21H16ClFN2O3/c22-18-5-3-6-19(23)17(18)13-28-20-7-2-1-4-15(20)12-24-25-16-10-8-14(9-11-16)21(26)27/h1-12,25H,13H2,(H,26,27)/b24-12+. The highest BCUT2D eigenvalue weighted by Gasteiger charge is 2.09. The number of nitrogens with zero attached hydrogens (tertiary/aromatic N) is 1.